The average molecular weight is 359 g/mol. The van der Waals surface area contributed by atoms with Gasteiger partial charge in [0, 0.05) is 23.9 Å². The van der Waals surface area contributed by atoms with Crippen LogP contribution in [0.15, 0.2) is 53.7 Å². The molecular formula is C23H25N3O. The predicted octanol–water partition coefficient (Wildman–Crippen LogP) is 4.69. The third kappa shape index (κ3) is 3.05. The third-order valence-corrected chi connectivity index (χ3v) is 5.37. The standard InChI is InChI=1S/C23H25N3O/c1-5-19-17(4)13-25(23(19)27)14-20-22(18-9-6-15(2)7-10-18)24-21-11-8-16(3)12-26(20)21/h6-12H,5,13-14H2,1-4H3. The van der Waals surface area contributed by atoms with Crippen LogP contribution in [0.4, 0.5) is 0 Å². The van der Waals surface area contributed by atoms with Gasteiger partial charge in [-0.25, -0.2) is 4.98 Å². The number of rotatable bonds is 4. The molecule has 0 radical (unpaired) electrons. The number of amides is 1. The molecule has 3 aromatic rings. The van der Waals surface area contributed by atoms with Crippen LogP contribution in [0.1, 0.15) is 37.1 Å². The molecule has 0 spiro atoms. The van der Waals surface area contributed by atoms with E-state index < -0.39 is 0 Å². The fourth-order valence-electron chi connectivity index (χ4n) is 3.88. The number of carbonyl (C=O) groups excluding carboxylic acids is 1. The molecule has 0 unspecified atom stereocenters. The van der Waals surface area contributed by atoms with Crippen LogP contribution in [0.5, 0.6) is 0 Å². The highest BCUT2D eigenvalue weighted by Gasteiger charge is 2.28. The average Bonchev–Trinajstić information content (AvgIpc) is 3.13. The number of benzene rings is 1. The minimum atomic E-state index is 0.160. The Kier molecular flexibility index (Phi) is 4.34. The minimum absolute atomic E-state index is 0.160. The van der Waals surface area contributed by atoms with Gasteiger partial charge in [-0.1, -0.05) is 42.8 Å². The second kappa shape index (κ2) is 6.69. The number of carbonyl (C=O) groups is 1. The van der Waals surface area contributed by atoms with E-state index in [0.717, 1.165) is 34.6 Å². The molecule has 1 aliphatic heterocycles. The summed E-state index contributed by atoms with van der Waals surface area (Å²) in [7, 11) is 0. The first-order chi connectivity index (χ1) is 13.0. The first-order valence-electron chi connectivity index (χ1n) is 9.50. The SMILES string of the molecule is CCC1=C(C)CN(Cc2c(-c3ccc(C)cc3)nc3ccc(C)cn23)C1=O. The van der Waals surface area contributed by atoms with Gasteiger partial charge >= 0.3 is 0 Å². The van der Waals surface area contributed by atoms with E-state index in [0.29, 0.717) is 13.1 Å². The largest absolute Gasteiger partial charge is 0.329 e. The maximum absolute atomic E-state index is 12.8. The lowest BCUT2D eigenvalue weighted by molar-refractivity contribution is -0.126. The topological polar surface area (TPSA) is 37.6 Å². The Labute approximate surface area is 160 Å². The van der Waals surface area contributed by atoms with Crippen molar-refractivity contribution in [3.8, 4) is 11.3 Å². The van der Waals surface area contributed by atoms with Crippen molar-refractivity contribution < 1.29 is 4.79 Å². The summed E-state index contributed by atoms with van der Waals surface area (Å²) < 4.78 is 2.14. The highest BCUT2D eigenvalue weighted by molar-refractivity contribution is 5.96. The minimum Gasteiger partial charge on any atom is -0.329 e. The van der Waals surface area contributed by atoms with Gasteiger partial charge in [0.25, 0.3) is 0 Å². The number of aryl methyl sites for hydroxylation is 2. The van der Waals surface area contributed by atoms with Crippen LogP contribution < -0.4 is 0 Å². The van der Waals surface area contributed by atoms with E-state index in [1.54, 1.807) is 0 Å². The number of nitrogens with zero attached hydrogens (tertiary/aromatic N) is 3. The zero-order valence-electron chi connectivity index (χ0n) is 16.4. The van der Waals surface area contributed by atoms with Crippen LogP contribution >= 0.6 is 0 Å². The van der Waals surface area contributed by atoms with Crippen molar-refractivity contribution in [1.29, 1.82) is 0 Å². The molecule has 1 aromatic carbocycles. The molecule has 1 aliphatic rings. The van der Waals surface area contributed by atoms with Gasteiger partial charge in [0.1, 0.15) is 5.65 Å². The lowest BCUT2D eigenvalue weighted by Crippen LogP contribution is -2.27. The Bertz CT molecular complexity index is 1060. The van der Waals surface area contributed by atoms with Gasteiger partial charge in [-0.15, -0.1) is 0 Å². The molecule has 0 atom stereocenters. The molecule has 1 amide bonds. The summed E-state index contributed by atoms with van der Waals surface area (Å²) in [6.45, 7) is 9.55. The Hall–Kier alpha value is -2.88. The molecule has 3 heterocycles. The molecule has 138 valence electrons. The monoisotopic (exact) mass is 359 g/mol. The van der Waals surface area contributed by atoms with Crippen molar-refractivity contribution in [1.82, 2.24) is 14.3 Å². The molecule has 0 N–H and O–H groups in total. The number of hydrogen-bond donors (Lipinski definition) is 0. The van der Waals surface area contributed by atoms with E-state index >= 15 is 0 Å². The second-order valence-corrected chi connectivity index (χ2v) is 7.48. The van der Waals surface area contributed by atoms with Crippen LogP contribution in [-0.4, -0.2) is 26.7 Å². The molecule has 0 bridgehead atoms. The summed E-state index contributed by atoms with van der Waals surface area (Å²) in [5.41, 5.74) is 8.56. The van der Waals surface area contributed by atoms with Crippen LogP contribution in [0.25, 0.3) is 16.9 Å². The van der Waals surface area contributed by atoms with Crippen molar-refractivity contribution in [2.24, 2.45) is 0 Å². The third-order valence-electron chi connectivity index (χ3n) is 5.37. The van der Waals surface area contributed by atoms with Crippen LogP contribution in [0, 0.1) is 13.8 Å². The van der Waals surface area contributed by atoms with Crippen molar-refractivity contribution in [3.63, 3.8) is 0 Å². The molecule has 0 fully saturated rings. The number of pyridine rings is 1. The van der Waals surface area contributed by atoms with Crippen LogP contribution in [0.3, 0.4) is 0 Å². The maximum Gasteiger partial charge on any atom is 0.250 e. The van der Waals surface area contributed by atoms with Gasteiger partial charge in [0.05, 0.1) is 17.9 Å². The normalized spacial score (nSPS) is 14.7. The van der Waals surface area contributed by atoms with Crippen molar-refractivity contribution >= 4 is 11.6 Å². The smallest absolute Gasteiger partial charge is 0.250 e. The zero-order valence-corrected chi connectivity index (χ0v) is 16.4. The Morgan fingerprint density at radius 3 is 2.37 bits per heavy atom. The number of aromatic nitrogens is 2. The van der Waals surface area contributed by atoms with Crippen LogP contribution in [0.2, 0.25) is 0 Å². The van der Waals surface area contributed by atoms with Gasteiger partial charge in [0.2, 0.25) is 5.91 Å². The molecule has 4 heteroatoms. The van der Waals surface area contributed by atoms with E-state index in [9.17, 15) is 4.79 Å². The highest BCUT2D eigenvalue weighted by atomic mass is 16.2. The molecule has 2 aromatic heterocycles. The molecule has 0 aliphatic carbocycles. The molecule has 4 nitrogen and oxygen atoms in total. The molecule has 0 saturated carbocycles. The zero-order chi connectivity index (χ0) is 19.1. The van der Waals surface area contributed by atoms with Crippen molar-refractivity contribution in [2.75, 3.05) is 6.54 Å². The van der Waals surface area contributed by atoms with E-state index in [1.807, 2.05) is 11.0 Å². The fourth-order valence-corrected chi connectivity index (χ4v) is 3.88. The summed E-state index contributed by atoms with van der Waals surface area (Å²) in [5, 5.41) is 0. The molecule has 4 rings (SSSR count). The van der Waals surface area contributed by atoms with E-state index in [2.05, 4.69) is 68.6 Å². The number of fused-ring (bicyclic) bond motifs is 1. The lowest BCUT2D eigenvalue weighted by atomic mass is 10.1. The van der Waals surface area contributed by atoms with E-state index in [4.69, 9.17) is 4.98 Å². The Morgan fingerprint density at radius 2 is 1.70 bits per heavy atom. The van der Waals surface area contributed by atoms with Gasteiger partial charge in [0.15, 0.2) is 0 Å². The van der Waals surface area contributed by atoms with Gasteiger partial charge in [-0.2, -0.15) is 0 Å². The molecule has 27 heavy (non-hydrogen) atoms. The van der Waals surface area contributed by atoms with Gasteiger partial charge in [-0.3, -0.25) is 4.79 Å². The molecular weight excluding hydrogens is 334 g/mol. The van der Waals surface area contributed by atoms with E-state index in [1.165, 1.54) is 16.7 Å². The van der Waals surface area contributed by atoms with Gasteiger partial charge < -0.3 is 9.30 Å². The van der Waals surface area contributed by atoms with E-state index in [-0.39, 0.29) is 5.91 Å². The summed E-state index contributed by atoms with van der Waals surface area (Å²) in [4.78, 5) is 19.6. The highest BCUT2D eigenvalue weighted by Crippen LogP contribution is 2.29. The number of imidazole rings is 1. The summed E-state index contributed by atoms with van der Waals surface area (Å²) in [6, 6.07) is 12.6. The first kappa shape index (κ1) is 17.5. The van der Waals surface area contributed by atoms with Crippen LogP contribution in [-0.2, 0) is 11.3 Å². The van der Waals surface area contributed by atoms with Crippen molar-refractivity contribution in [3.05, 3.63) is 70.6 Å². The predicted molar refractivity (Wildman–Crippen MR) is 109 cm³/mol. The summed E-state index contributed by atoms with van der Waals surface area (Å²) in [6.07, 6.45) is 2.90. The maximum atomic E-state index is 12.8. The lowest BCUT2D eigenvalue weighted by Gasteiger charge is -2.18. The fraction of sp³-hybridized carbons (Fsp3) is 0.304. The summed E-state index contributed by atoms with van der Waals surface area (Å²) >= 11 is 0. The number of hydrogen-bond acceptors (Lipinski definition) is 2. The second-order valence-electron chi connectivity index (χ2n) is 7.48. The summed E-state index contributed by atoms with van der Waals surface area (Å²) in [5.74, 6) is 0.160. The molecule has 0 saturated heterocycles. The Morgan fingerprint density at radius 1 is 1.00 bits per heavy atom. The Balaban J connectivity index is 1.81. The first-order valence-corrected chi connectivity index (χ1v) is 9.50. The van der Waals surface area contributed by atoms with Crippen molar-refractivity contribution in [2.45, 2.75) is 40.7 Å². The van der Waals surface area contributed by atoms with Gasteiger partial charge in [-0.05, 0) is 44.4 Å². The quantitative estimate of drug-likeness (QED) is 0.678.